The van der Waals surface area contributed by atoms with Crippen LogP contribution in [0.25, 0.3) is 22.6 Å². The van der Waals surface area contributed by atoms with Gasteiger partial charge >= 0.3 is 5.97 Å². The van der Waals surface area contributed by atoms with Gasteiger partial charge in [0.05, 0.1) is 4.53 Å². The third-order valence-corrected chi connectivity index (χ3v) is 14.1. The first-order valence-electron chi connectivity index (χ1n) is 20.4. The van der Waals surface area contributed by atoms with E-state index in [0.717, 1.165) is 67.1 Å². The molecule has 1 amide bonds. The van der Waals surface area contributed by atoms with Gasteiger partial charge in [0.25, 0.3) is 11.5 Å². The molecule has 8 rings (SSSR count). The van der Waals surface area contributed by atoms with Gasteiger partial charge in [-0.15, -0.1) is 11.3 Å². The average molecular weight is 826 g/mol. The largest absolute Gasteiger partial charge is 0.480 e. The quantitative estimate of drug-likeness (QED) is 0.0679. The molecule has 0 unspecified atom stereocenters. The fourth-order valence-corrected chi connectivity index (χ4v) is 11.2. The number of carbonyl (C=O) groups excluding carboxylic acids is 1. The Labute approximate surface area is 353 Å². The molecule has 1 N–H and O–H groups in total. The summed E-state index contributed by atoms with van der Waals surface area (Å²) in [5.41, 5.74) is 8.72. The Morgan fingerprint density at radius 1 is 0.845 bits per heavy atom. The van der Waals surface area contributed by atoms with Gasteiger partial charge in [-0.2, -0.15) is 0 Å². The first kappa shape index (κ1) is 39.8. The number of benzene rings is 4. The number of carboxylic acid groups (broad SMARTS) is 1. The van der Waals surface area contributed by atoms with Gasteiger partial charge in [0, 0.05) is 29.9 Å². The molecule has 2 fully saturated rings. The van der Waals surface area contributed by atoms with Crippen LogP contribution in [0.2, 0.25) is 0 Å². The number of aliphatic carboxylic acids is 1. The number of carboxylic acids is 1. The second-order valence-electron chi connectivity index (χ2n) is 15.3. The molecule has 3 aliphatic rings. The average Bonchev–Trinajstić information content (AvgIpc) is 3.98. The van der Waals surface area contributed by atoms with Crippen molar-refractivity contribution in [1.29, 1.82) is 0 Å². The molecule has 0 bridgehead atoms. The molecule has 1 saturated carbocycles. The first-order valence-corrected chi connectivity index (χ1v) is 22.4. The first-order chi connectivity index (χ1) is 28.3. The molecule has 7 nitrogen and oxygen atoms in total. The summed E-state index contributed by atoms with van der Waals surface area (Å²) in [5.74, 6) is -1.02. The number of unbranched alkanes of at least 4 members (excludes halogenated alkanes) is 5. The van der Waals surface area contributed by atoms with Crippen LogP contribution in [-0.4, -0.2) is 43.4 Å². The summed E-state index contributed by atoms with van der Waals surface area (Å²) >= 11 is 7.94. The highest BCUT2D eigenvalue weighted by atomic mass is 32.2. The van der Waals surface area contributed by atoms with Crippen molar-refractivity contribution in [2.24, 2.45) is 0 Å². The molecular weight excluding hydrogens is 779 g/mol. The van der Waals surface area contributed by atoms with E-state index in [0.29, 0.717) is 36.9 Å². The zero-order chi connectivity index (χ0) is 40.2. The number of thiazole rings is 1. The van der Waals surface area contributed by atoms with Crippen molar-refractivity contribution >= 4 is 85.5 Å². The molecule has 10 heteroatoms. The zero-order valence-corrected chi connectivity index (χ0v) is 35.1. The van der Waals surface area contributed by atoms with Crippen LogP contribution in [0.4, 0.5) is 11.4 Å². The van der Waals surface area contributed by atoms with Crippen LogP contribution in [-0.2, 0) is 16.1 Å². The van der Waals surface area contributed by atoms with Crippen molar-refractivity contribution in [3.63, 3.8) is 0 Å². The molecule has 58 heavy (non-hydrogen) atoms. The van der Waals surface area contributed by atoms with Crippen LogP contribution in [0.1, 0.15) is 98.4 Å². The Bertz CT molecular complexity index is 2500. The summed E-state index contributed by atoms with van der Waals surface area (Å²) in [7, 11) is 0. The Kier molecular flexibility index (Phi) is 12.2. The molecule has 0 radical (unpaired) electrons. The van der Waals surface area contributed by atoms with Crippen molar-refractivity contribution in [1.82, 2.24) is 9.47 Å². The summed E-state index contributed by atoms with van der Waals surface area (Å²) in [6, 6.07) is 36.6. The van der Waals surface area contributed by atoms with E-state index < -0.39 is 18.1 Å². The van der Waals surface area contributed by atoms with Crippen LogP contribution in [0.15, 0.2) is 108 Å². The highest BCUT2D eigenvalue weighted by Gasteiger charge is 2.42. The van der Waals surface area contributed by atoms with E-state index in [1.807, 2.05) is 24.3 Å². The number of thioether (sulfide) groups is 1. The molecule has 296 valence electrons. The normalized spacial score (nSPS) is 18.5. The minimum absolute atomic E-state index is 0.253. The second kappa shape index (κ2) is 17.9. The van der Waals surface area contributed by atoms with Gasteiger partial charge in [0.15, 0.2) is 0 Å². The summed E-state index contributed by atoms with van der Waals surface area (Å²) in [4.78, 5) is 43.9. The zero-order valence-electron chi connectivity index (χ0n) is 32.6. The van der Waals surface area contributed by atoms with E-state index in [2.05, 4.69) is 103 Å². The number of carbonyl (C=O) groups is 2. The van der Waals surface area contributed by atoms with Crippen molar-refractivity contribution in [2.45, 2.75) is 83.2 Å². The lowest BCUT2D eigenvalue weighted by atomic mass is 9.95. The predicted octanol–water partition coefficient (Wildman–Crippen LogP) is 9.53. The number of hydrogen-bond acceptors (Lipinski definition) is 7. The lowest BCUT2D eigenvalue weighted by molar-refractivity contribution is -0.137. The fourth-order valence-electron chi connectivity index (χ4n) is 8.66. The Balaban J connectivity index is 1.09. The van der Waals surface area contributed by atoms with Gasteiger partial charge in [0.1, 0.15) is 20.4 Å². The molecule has 4 aromatic carbocycles. The molecule has 2 aliphatic heterocycles. The van der Waals surface area contributed by atoms with Gasteiger partial charge in [-0.05, 0) is 89.1 Å². The molecule has 3 heterocycles. The SMILES string of the molecule is CCCCCCCCN1C(=O)/C(=c2\s/c(=C\c3ccc4c(c3)[C@@H]3CCC[C@H]3N4c3ccc(C=C(c4ccccc4)c4ccccc4)cc3)c(=O)n2CC(=O)O)SC1=S. The molecule has 0 spiro atoms. The van der Waals surface area contributed by atoms with E-state index in [1.165, 1.54) is 63.1 Å². The fraction of sp³-hybridized carbons (Fsp3) is 0.292. The maximum absolute atomic E-state index is 13.8. The van der Waals surface area contributed by atoms with Crippen LogP contribution in [0.5, 0.6) is 0 Å². The van der Waals surface area contributed by atoms with Gasteiger partial charge in [-0.25, -0.2) is 0 Å². The second-order valence-corrected chi connectivity index (χ2v) is 18.0. The Morgan fingerprint density at radius 2 is 1.52 bits per heavy atom. The van der Waals surface area contributed by atoms with Crippen LogP contribution >= 0.6 is 35.3 Å². The van der Waals surface area contributed by atoms with Gasteiger partial charge in [-0.3, -0.25) is 23.9 Å². The monoisotopic (exact) mass is 825 g/mol. The van der Waals surface area contributed by atoms with Crippen molar-refractivity contribution in [2.75, 3.05) is 11.4 Å². The molecular formula is C48H47N3O4S3. The van der Waals surface area contributed by atoms with Gasteiger partial charge < -0.3 is 10.0 Å². The van der Waals surface area contributed by atoms with Crippen molar-refractivity contribution in [3.05, 3.63) is 150 Å². The Morgan fingerprint density at radius 3 is 2.21 bits per heavy atom. The maximum atomic E-state index is 13.8. The lowest BCUT2D eigenvalue weighted by Gasteiger charge is -2.27. The topological polar surface area (TPSA) is 82.9 Å². The minimum atomic E-state index is -1.14. The van der Waals surface area contributed by atoms with E-state index >= 15 is 0 Å². The summed E-state index contributed by atoms with van der Waals surface area (Å²) < 4.78 is 2.41. The highest BCUT2D eigenvalue weighted by molar-refractivity contribution is 8.30. The van der Waals surface area contributed by atoms with Crippen molar-refractivity contribution < 1.29 is 14.7 Å². The summed E-state index contributed by atoms with van der Waals surface area (Å²) in [6.07, 6.45) is 14.0. The molecule has 1 saturated heterocycles. The smallest absolute Gasteiger partial charge is 0.323 e. The Hall–Kier alpha value is -5.03. The predicted molar refractivity (Wildman–Crippen MR) is 243 cm³/mol. The van der Waals surface area contributed by atoms with Gasteiger partial charge in [0.2, 0.25) is 0 Å². The van der Waals surface area contributed by atoms with Gasteiger partial charge in [-0.1, -0.05) is 148 Å². The number of amides is 1. The third-order valence-electron chi connectivity index (χ3n) is 11.5. The number of nitrogens with zero attached hydrogens (tertiary/aromatic N) is 3. The molecule has 1 aliphatic carbocycles. The van der Waals surface area contributed by atoms with Crippen LogP contribution in [0.3, 0.4) is 0 Å². The lowest BCUT2D eigenvalue weighted by Crippen LogP contribution is -2.35. The van der Waals surface area contributed by atoms with Crippen molar-refractivity contribution in [3.8, 4) is 0 Å². The van der Waals surface area contributed by atoms with E-state index in [4.69, 9.17) is 12.2 Å². The highest BCUT2D eigenvalue weighted by Crippen LogP contribution is 2.52. The third kappa shape index (κ3) is 8.28. The van der Waals surface area contributed by atoms with Crippen LogP contribution < -0.4 is 19.7 Å². The van der Waals surface area contributed by atoms with E-state index in [9.17, 15) is 19.5 Å². The molecule has 2 atom stereocenters. The molecule has 1 aromatic heterocycles. The standard InChI is InChI=1S/C48H47N3O4S3/c1-2-3-4-5-6-13-27-49-46(55)44(58-48(49)56)47-50(31-43(52)53)45(54)42(57-47)30-33-23-26-41-39(29-33)37-19-14-20-40(37)51(41)36-24-21-32(22-25-36)28-38(34-15-9-7-10-16-34)35-17-11-8-12-18-35/h7-12,15-18,21-26,28-30,37,40H,2-6,13-14,19-20,27,31H2,1H3,(H,52,53)/b42-30-,47-44+/t37-,40+/m0/s1. The summed E-state index contributed by atoms with van der Waals surface area (Å²) in [5, 5.41) is 9.78. The number of hydrogen-bond donors (Lipinski definition) is 1. The number of fused-ring (bicyclic) bond motifs is 3. The molecule has 5 aromatic rings. The maximum Gasteiger partial charge on any atom is 0.323 e. The summed E-state index contributed by atoms with van der Waals surface area (Å²) in [6.45, 7) is 2.18. The number of aromatic nitrogens is 1. The van der Waals surface area contributed by atoms with E-state index in [-0.39, 0.29) is 5.91 Å². The van der Waals surface area contributed by atoms with E-state index in [1.54, 1.807) is 4.90 Å². The number of rotatable bonds is 14. The minimum Gasteiger partial charge on any atom is -0.480 e. The number of thiocarbonyl (C=S) groups is 1. The number of anilines is 2. The van der Waals surface area contributed by atoms with Crippen LogP contribution in [0, 0.1) is 0 Å².